The zero-order chi connectivity index (χ0) is 14.7. The van der Waals surface area contributed by atoms with Crippen LogP contribution >= 0.6 is 0 Å². The summed E-state index contributed by atoms with van der Waals surface area (Å²) in [4.78, 5) is 24.9. The maximum Gasteiger partial charge on any atom is 0.326 e. The van der Waals surface area contributed by atoms with Crippen LogP contribution in [0, 0.1) is 12.8 Å². The first-order valence-corrected chi connectivity index (χ1v) is 6.24. The molecule has 0 aliphatic rings. The van der Waals surface area contributed by atoms with Gasteiger partial charge in [-0.2, -0.15) is 5.10 Å². The van der Waals surface area contributed by atoms with Crippen LogP contribution in [0.15, 0.2) is 6.20 Å². The average molecular weight is 267 g/mol. The SMILES string of the molecule is Cc1c(C(=O)N(C)C(CC(C)C)C(=O)O)cnn1C. The molecule has 0 fully saturated rings. The zero-order valence-corrected chi connectivity index (χ0v) is 12.0. The van der Waals surface area contributed by atoms with Crippen LogP contribution in [0.25, 0.3) is 0 Å². The molecule has 0 aliphatic heterocycles. The fourth-order valence-corrected chi connectivity index (χ4v) is 1.91. The van der Waals surface area contributed by atoms with Crippen LogP contribution < -0.4 is 0 Å². The lowest BCUT2D eigenvalue weighted by molar-refractivity contribution is -0.142. The van der Waals surface area contributed by atoms with E-state index in [1.54, 1.807) is 18.7 Å². The van der Waals surface area contributed by atoms with E-state index in [0.29, 0.717) is 12.0 Å². The summed E-state index contributed by atoms with van der Waals surface area (Å²) in [5.74, 6) is -1.09. The van der Waals surface area contributed by atoms with Gasteiger partial charge < -0.3 is 10.0 Å². The predicted molar refractivity (Wildman–Crippen MR) is 70.9 cm³/mol. The highest BCUT2D eigenvalue weighted by Gasteiger charge is 2.29. The van der Waals surface area contributed by atoms with Crippen molar-refractivity contribution in [3.63, 3.8) is 0 Å². The van der Waals surface area contributed by atoms with Crippen molar-refractivity contribution in [3.8, 4) is 0 Å². The Morgan fingerprint density at radius 1 is 1.47 bits per heavy atom. The molecule has 1 aromatic heterocycles. The van der Waals surface area contributed by atoms with Gasteiger partial charge in [0.25, 0.3) is 5.91 Å². The van der Waals surface area contributed by atoms with E-state index in [2.05, 4.69) is 5.10 Å². The molecule has 1 unspecified atom stereocenters. The summed E-state index contributed by atoms with van der Waals surface area (Å²) in [5.41, 5.74) is 1.17. The Bertz CT molecular complexity index is 479. The summed E-state index contributed by atoms with van der Waals surface area (Å²) < 4.78 is 1.60. The number of carbonyl (C=O) groups is 2. The third-order valence-corrected chi connectivity index (χ3v) is 3.23. The summed E-state index contributed by atoms with van der Waals surface area (Å²) in [5, 5.41) is 13.3. The molecule has 1 heterocycles. The number of nitrogens with zero attached hydrogens (tertiary/aromatic N) is 3. The molecule has 106 valence electrons. The number of carboxylic acid groups (broad SMARTS) is 1. The molecule has 1 N–H and O–H groups in total. The van der Waals surface area contributed by atoms with Gasteiger partial charge in [-0.25, -0.2) is 4.79 Å². The molecule has 6 heteroatoms. The smallest absolute Gasteiger partial charge is 0.326 e. The second-order valence-corrected chi connectivity index (χ2v) is 5.17. The molecular formula is C13H21N3O3. The summed E-state index contributed by atoms with van der Waals surface area (Å²) in [6.07, 6.45) is 1.90. The summed E-state index contributed by atoms with van der Waals surface area (Å²) >= 11 is 0. The fourth-order valence-electron chi connectivity index (χ4n) is 1.91. The molecular weight excluding hydrogens is 246 g/mol. The Kier molecular flexibility index (Phi) is 4.69. The van der Waals surface area contributed by atoms with Crippen LogP contribution in [0.4, 0.5) is 0 Å². The third-order valence-electron chi connectivity index (χ3n) is 3.23. The second-order valence-electron chi connectivity index (χ2n) is 5.17. The molecule has 1 atom stereocenters. The van der Waals surface area contributed by atoms with Crippen molar-refractivity contribution >= 4 is 11.9 Å². The summed E-state index contributed by atoms with van der Waals surface area (Å²) in [6, 6.07) is -0.813. The maximum absolute atomic E-state index is 12.3. The third kappa shape index (κ3) is 3.33. The van der Waals surface area contributed by atoms with Gasteiger partial charge in [0.15, 0.2) is 0 Å². The second kappa shape index (κ2) is 5.86. The minimum Gasteiger partial charge on any atom is -0.480 e. The number of carboxylic acids is 1. The van der Waals surface area contributed by atoms with Gasteiger partial charge in [-0.15, -0.1) is 0 Å². The molecule has 0 spiro atoms. The van der Waals surface area contributed by atoms with Crippen molar-refractivity contribution in [2.45, 2.75) is 33.2 Å². The molecule has 0 saturated heterocycles. The Morgan fingerprint density at radius 2 is 2.05 bits per heavy atom. The number of likely N-dealkylation sites (N-methyl/N-ethyl adjacent to an activating group) is 1. The first-order valence-electron chi connectivity index (χ1n) is 6.24. The van der Waals surface area contributed by atoms with E-state index in [-0.39, 0.29) is 11.8 Å². The van der Waals surface area contributed by atoms with Crippen LogP contribution in [-0.4, -0.2) is 44.8 Å². The lowest BCUT2D eigenvalue weighted by atomic mass is 10.0. The number of hydrogen-bond donors (Lipinski definition) is 1. The fraction of sp³-hybridized carbons (Fsp3) is 0.615. The maximum atomic E-state index is 12.3. The van der Waals surface area contributed by atoms with Gasteiger partial charge >= 0.3 is 5.97 Å². The first-order chi connectivity index (χ1) is 8.75. The van der Waals surface area contributed by atoms with E-state index in [4.69, 9.17) is 0 Å². The molecule has 6 nitrogen and oxygen atoms in total. The molecule has 0 saturated carbocycles. The van der Waals surface area contributed by atoms with Gasteiger partial charge in [0, 0.05) is 19.8 Å². The van der Waals surface area contributed by atoms with Crippen LogP contribution in [-0.2, 0) is 11.8 Å². The lowest BCUT2D eigenvalue weighted by Crippen LogP contribution is -2.43. The number of aromatic nitrogens is 2. The number of aliphatic carboxylic acids is 1. The van der Waals surface area contributed by atoms with Crippen LogP contribution in [0.3, 0.4) is 0 Å². The normalized spacial score (nSPS) is 12.5. The van der Waals surface area contributed by atoms with Crippen LogP contribution in [0.5, 0.6) is 0 Å². The highest BCUT2D eigenvalue weighted by atomic mass is 16.4. The van der Waals surface area contributed by atoms with Crippen LogP contribution in [0.2, 0.25) is 0 Å². The Labute approximate surface area is 113 Å². The van der Waals surface area contributed by atoms with Crippen molar-refractivity contribution in [2.75, 3.05) is 7.05 Å². The van der Waals surface area contributed by atoms with Gasteiger partial charge in [-0.1, -0.05) is 13.8 Å². The van der Waals surface area contributed by atoms with E-state index in [0.717, 1.165) is 5.69 Å². The van der Waals surface area contributed by atoms with Crippen molar-refractivity contribution in [1.82, 2.24) is 14.7 Å². The molecule has 0 radical (unpaired) electrons. The predicted octanol–water partition coefficient (Wildman–Crippen LogP) is 1.30. The minimum absolute atomic E-state index is 0.200. The molecule has 0 bridgehead atoms. The topological polar surface area (TPSA) is 75.4 Å². The van der Waals surface area contributed by atoms with Gasteiger partial charge in [-0.3, -0.25) is 9.48 Å². The quantitative estimate of drug-likeness (QED) is 0.872. The van der Waals surface area contributed by atoms with E-state index in [9.17, 15) is 14.7 Å². The molecule has 19 heavy (non-hydrogen) atoms. The number of aryl methyl sites for hydroxylation is 1. The first kappa shape index (κ1) is 15.2. The largest absolute Gasteiger partial charge is 0.480 e. The number of amides is 1. The van der Waals surface area contributed by atoms with E-state index < -0.39 is 12.0 Å². The average Bonchev–Trinajstić information content (AvgIpc) is 2.65. The zero-order valence-electron chi connectivity index (χ0n) is 12.0. The monoisotopic (exact) mass is 267 g/mol. The molecule has 1 aromatic rings. The standard InChI is InChI=1S/C13H21N3O3/c1-8(2)6-11(13(18)19)15(4)12(17)10-7-14-16(5)9(10)3/h7-8,11H,6H2,1-5H3,(H,18,19). The van der Waals surface area contributed by atoms with Crippen molar-refractivity contribution in [3.05, 3.63) is 17.5 Å². The van der Waals surface area contributed by atoms with Gasteiger partial charge in [0.1, 0.15) is 6.04 Å². The van der Waals surface area contributed by atoms with E-state index in [1.165, 1.54) is 18.1 Å². The lowest BCUT2D eigenvalue weighted by Gasteiger charge is -2.26. The van der Waals surface area contributed by atoms with E-state index in [1.807, 2.05) is 13.8 Å². The van der Waals surface area contributed by atoms with Gasteiger partial charge in [-0.05, 0) is 19.3 Å². The summed E-state index contributed by atoms with van der Waals surface area (Å²) in [6.45, 7) is 5.65. The van der Waals surface area contributed by atoms with Crippen molar-refractivity contribution in [2.24, 2.45) is 13.0 Å². The Morgan fingerprint density at radius 3 is 2.42 bits per heavy atom. The Hall–Kier alpha value is -1.85. The number of hydrogen-bond acceptors (Lipinski definition) is 3. The molecule has 1 amide bonds. The van der Waals surface area contributed by atoms with E-state index >= 15 is 0 Å². The minimum atomic E-state index is -0.980. The molecule has 0 aliphatic carbocycles. The molecule has 0 aromatic carbocycles. The van der Waals surface area contributed by atoms with Gasteiger partial charge in [0.2, 0.25) is 0 Å². The van der Waals surface area contributed by atoms with Crippen molar-refractivity contribution in [1.29, 1.82) is 0 Å². The highest BCUT2D eigenvalue weighted by Crippen LogP contribution is 2.15. The van der Waals surface area contributed by atoms with Gasteiger partial charge in [0.05, 0.1) is 11.8 Å². The Balaban J connectivity index is 2.96. The number of rotatable bonds is 5. The highest BCUT2D eigenvalue weighted by molar-refractivity contribution is 5.97. The molecule has 1 rings (SSSR count). The van der Waals surface area contributed by atoms with Crippen LogP contribution in [0.1, 0.15) is 36.3 Å². The van der Waals surface area contributed by atoms with Crippen molar-refractivity contribution < 1.29 is 14.7 Å². The number of carbonyl (C=O) groups excluding carboxylic acids is 1. The summed E-state index contributed by atoms with van der Waals surface area (Å²) in [7, 11) is 3.27.